The van der Waals surface area contributed by atoms with Crippen molar-refractivity contribution in [2.24, 2.45) is 17.6 Å². The van der Waals surface area contributed by atoms with E-state index in [2.05, 4.69) is 0 Å². The Morgan fingerprint density at radius 2 is 1.92 bits per heavy atom. The van der Waals surface area contributed by atoms with Crippen molar-refractivity contribution in [1.29, 1.82) is 0 Å². The number of amides is 2. The third-order valence-corrected chi connectivity index (χ3v) is 5.57. The molecule has 1 aromatic rings. The molecule has 3 atom stereocenters. The Morgan fingerprint density at radius 1 is 1.20 bits per heavy atom. The molecule has 1 saturated heterocycles. The van der Waals surface area contributed by atoms with Crippen molar-refractivity contribution < 1.29 is 9.59 Å². The van der Waals surface area contributed by atoms with Crippen LogP contribution in [0.15, 0.2) is 30.3 Å². The first-order valence-corrected chi connectivity index (χ1v) is 8.96. The largest absolute Gasteiger partial charge is 0.333 e. The van der Waals surface area contributed by atoms with Crippen LogP contribution in [-0.2, 0) is 9.59 Å². The van der Waals surface area contributed by atoms with Crippen molar-refractivity contribution in [3.63, 3.8) is 0 Å². The molecule has 2 amide bonds. The lowest BCUT2D eigenvalue weighted by Gasteiger charge is -2.38. The van der Waals surface area contributed by atoms with Gasteiger partial charge in [-0.1, -0.05) is 24.6 Å². The Balaban J connectivity index is 0.00000225. The highest BCUT2D eigenvalue weighted by molar-refractivity contribution is 6.00. The summed E-state index contributed by atoms with van der Waals surface area (Å²) in [5.41, 5.74) is 6.73. The predicted molar refractivity (Wildman–Crippen MR) is 102 cm³/mol. The summed E-state index contributed by atoms with van der Waals surface area (Å²) in [6.45, 7) is 1.27. The molecule has 3 rings (SSSR count). The first-order chi connectivity index (χ1) is 11.6. The fraction of sp³-hybridized carbons (Fsp3) is 0.579. The van der Waals surface area contributed by atoms with E-state index in [-0.39, 0.29) is 42.1 Å². The number of nitrogens with two attached hydrogens (primary N) is 1. The standard InChI is InChI=1S/C19H27N3O2.ClH/c1-21(18(23)16-10-5-7-14(16)13-20)17-11-6-12-22(19(17)24)15-8-3-2-4-9-15;/h2-4,8-9,14,16-17H,5-7,10-13,20H2,1H3;1H/t14-,16-,17?;/m1./s1. The quantitative estimate of drug-likeness (QED) is 0.891. The Labute approximate surface area is 155 Å². The van der Waals surface area contributed by atoms with Gasteiger partial charge < -0.3 is 15.5 Å². The highest BCUT2D eigenvalue weighted by Gasteiger charge is 2.39. The smallest absolute Gasteiger partial charge is 0.249 e. The van der Waals surface area contributed by atoms with Gasteiger partial charge in [0, 0.05) is 25.2 Å². The number of halogens is 1. The minimum absolute atomic E-state index is 0. The molecule has 1 saturated carbocycles. The van der Waals surface area contributed by atoms with E-state index in [4.69, 9.17) is 5.73 Å². The maximum atomic E-state index is 12.9. The Bertz CT molecular complexity index is 596. The van der Waals surface area contributed by atoms with Crippen molar-refractivity contribution in [3.8, 4) is 0 Å². The first-order valence-electron chi connectivity index (χ1n) is 8.96. The molecule has 1 aliphatic carbocycles. The molecular formula is C19H28ClN3O2. The lowest BCUT2D eigenvalue weighted by atomic mass is 9.93. The van der Waals surface area contributed by atoms with E-state index in [1.54, 1.807) is 11.9 Å². The molecule has 0 bridgehead atoms. The number of anilines is 1. The number of carbonyl (C=O) groups excluding carboxylic acids is 2. The van der Waals surface area contributed by atoms with Crippen LogP contribution in [0.2, 0.25) is 0 Å². The molecule has 1 heterocycles. The molecule has 138 valence electrons. The van der Waals surface area contributed by atoms with Crippen LogP contribution >= 0.6 is 12.4 Å². The second-order valence-electron chi connectivity index (χ2n) is 6.97. The van der Waals surface area contributed by atoms with Crippen molar-refractivity contribution in [2.75, 3.05) is 25.0 Å². The number of benzene rings is 1. The van der Waals surface area contributed by atoms with Crippen molar-refractivity contribution >= 4 is 29.9 Å². The maximum absolute atomic E-state index is 12.9. The number of rotatable bonds is 4. The summed E-state index contributed by atoms with van der Waals surface area (Å²) in [6, 6.07) is 9.35. The number of nitrogens with zero attached hydrogens (tertiary/aromatic N) is 2. The van der Waals surface area contributed by atoms with E-state index in [9.17, 15) is 9.59 Å². The number of likely N-dealkylation sites (N-methyl/N-ethyl adjacent to an activating group) is 1. The maximum Gasteiger partial charge on any atom is 0.249 e. The SMILES string of the molecule is CN(C(=O)[C@@H]1CCC[C@@H]1CN)C1CCCN(c2ccccc2)C1=O.Cl. The van der Waals surface area contributed by atoms with Gasteiger partial charge in [0.2, 0.25) is 11.8 Å². The monoisotopic (exact) mass is 365 g/mol. The summed E-state index contributed by atoms with van der Waals surface area (Å²) < 4.78 is 0. The molecular weight excluding hydrogens is 338 g/mol. The third-order valence-electron chi connectivity index (χ3n) is 5.57. The summed E-state index contributed by atoms with van der Waals surface area (Å²) in [5.74, 6) is 0.380. The Kier molecular flexibility index (Phi) is 6.85. The van der Waals surface area contributed by atoms with Crippen LogP contribution in [0.5, 0.6) is 0 Å². The first kappa shape index (κ1) is 19.7. The van der Waals surface area contributed by atoms with Gasteiger partial charge in [-0.15, -0.1) is 12.4 Å². The Morgan fingerprint density at radius 3 is 2.60 bits per heavy atom. The summed E-state index contributed by atoms with van der Waals surface area (Å²) >= 11 is 0. The molecule has 5 nitrogen and oxygen atoms in total. The van der Waals surface area contributed by atoms with Crippen LogP contribution < -0.4 is 10.6 Å². The number of hydrogen-bond acceptors (Lipinski definition) is 3. The lowest BCUT2D eigenvalue weighted by Crippen LogP contribution is -2.54. The van der Waals surface area contributed by atoms with Gasteiger partial charge in [-0.25, -0.2) is 0 Å². The van der Waals surface area contributed by atoms with Crippen LogP contribution in [0.4, 0.5) is 5.69 Å². The van der Waals surface area contributed by atoms with Crippen LogP contribution in [-0.4, -0.2) is 42.9 Å². The van der Waals surface area contributed by atoms with E-state index in [1.165, 1.54) is 0 Å². The zero-order chi connectivity index (χ0) is 17.1. The number of hydrogen-bond donors (Lipinski definition) is 1. The van der Waals surface area contributed by atoms with E-state index < -0.39 is 0 Å². The molecule has 2 aliphatic rings. The zero-order valence-electron chi connectivity index (χ0n) is 14.8. The van der Waals surface area contributed by atoms with Crippen molar-refractivity contribution in [3.05, 3.63) is 30.3 Å². The van der Waals surface area contributed by atoms with E-state index >= 15 is 0 Å². The highest BCUT2D eigenvalue weighted by atomic mass is 35.5. The molecule has 1 unspecified atom stereocenters. The summed E-state index contributed by atoms with van der Waals surface area (Å²) in [6.07, 6.45) is 4.63. The molecule has 0 radical (unpaired) electrons. The van der Waals surface area contributed by atoms with Crippen LogP contribution in [0, 0.1) is 11.8 Å². The average molecular weight is 366 g/mol. The number of carbonyl (C=O) groups is 2. The molecule has 0 spiro atoms. The minimum Gasteiger partial charge on any atom is -0.333 e. The van der Waals surface area contributed by atoms with E-state index in [1.807, 2.05) is 35.2 Å². The van der Waals surface area contributed by atoms with Crippen LogP contribution in [0.1, 0.15) is 32.1 Å². The van der Waals surface area contributed by atoms with Gasteiger partial charge in [-0.3, -0.25) is 9.59 Å². The van der Waals surface area contributed by atoms with Crippen molar-refractivity contribution in [2.45, 2.75) is 38.1 Å². The van der Waals surface area contributed by atoms with Crippen molar-refractivity contribution in [1.82, 2.24) is 4.90 Å². The zero-order valence-corrected chi connectivity index (χ0v) is 15.6. The summed E-state index contributed by atoms with van der Waals surface area (Å²) in [5, 5.41) is 0. The second-order valence-corrected chi connectivity index (χ2v) is 6.97. The van der Waals surface area contributed by atoms with E-state index in [0.717, 1.165) is 44.3 Å². The van der Waals surface area contributed by atoms with Gasteiger partial charge in [0.25, 0.3) is 0 Å². The van der Waals surface area contributed by atoms with Gasteiger partial charge in [-0.2, -0.15) is 0 Å². The van der Waals surface area contributed by atoms with Gasteiger partial charge in [0.15, 0.2) is 0 Å². The molecule has 6 heteroatoms. The fourth-order valence-corrected chi connectivity index (χ4v) is 4.14. The average Bonchev–Trinajstić information content (AvgIpc) is 3.10. The molecule has 25 heavy (non-hydrogen) atoms. The normalized spacial score (nSPS) is 26.2. The van der Waals surface area contributed by atoms with Gasteiger partial charge >= 0.3 is 0 Å². The number of para-hydroxylation sites is 1. The third kappa shape index (κ3) is 3.98. The lowest BCUT2D eigenvalue weighted by molar-refractivity contribution is -0.143. The molecule has 1 aliphatic heterocycles. The molecule has 2 fully saturated rings. The predicted octanol–water partition coefficient (Wildman–Crippen LogP) is 2.44. The minimum atomic E-state index is -0.356. The Hall–Kier alpha value is -1.59. The van der Waals surface area contributed by atoms with Crippen LogP contribution in [0.3, 0.4) is 0 Å². The summed E-state index contributed by atoms with van der Waals surface area (Å²) in [7, 11) is 1.78. The second kappa shape index (κ2) is 8.68. The topological polar surface area (TPSA) is 66.6 Å². The van der Waals surface area contributed by atoms with Gasteiger partial charge in [0.05, 0.1) is 0 Å². The fourth-order valence-electron chi connectivity index (χ4n) is 4.14. The van der Waals surface area contributed by atoms with Crippen LogP contribution in [0.25, 0.3) is 0 Å². The molecule has 2 N–H and O–H groups in total. The molecule has 1 aromatic carbocycles. The van der Waals surface area contributed by atoms with E-state index in [0.29, 0.717) is 6.54 Å². The van der Waals surface area contributed by atoms with Gasteiger partial charge in [0.1, 0.15) is 6.04 Å². The summed E-state index contributed by atoms with van der Waals surface area (Å²) in [4.78, 5) is 29.4. The van der Waals surface area contributed by atoms with Gasteiger partial charge in [-0.05, 0) is 50.3 Å². The highest BCUT2D eigenvalue weighted by Crippen LogP contribution is 2.33. The molecule has 0 aromatic heterocycles. The number of piperidine rings is 1.